The highest BCUT2D eigenvalue weighted by atomic mass is 32.2. The minimum atomic E-state index is -0.0684. The number of nitrogens with zero attached hydrogens (tertiary/aromatic N) is 6. The van der Waals surface area contributed by atoms with Crippen LogP contribution >= 0.6 is 11.8 Å². The van der Waals surface area contributed by atoms with E-state index in [1.54, 1.807) is 17.3 Å². The van der Waals surface area contributed by atoms with Crippen LogP contribution in [0, 0.1) is 25.2 Å². The molecule has 29 heavy (non-hydrogen) atoms. The molecule has 2 heterocycles. The average molecular weight is 407 g/mol. The van der Waals surface area contributed by atoms with Gasteiger partial charge in [0.1, 0.15) is 0 Å². The predicted octanol–water partition coefficient (Wildman–Crippen LogP) is 3.53. The Morgan fingerprint density at radius 3 is 2.66 bits per heavy atom. The molecular formula is C21H22N6OS. The summed E-state index contributed by atoms with van der Waals surface area (Å²) in [5, 5.41) is 18.1. The van der Waals surface area contributed by atoms with Crippen LogP contribution in [-0.4, -0.2) is 38.0 Å². The Hall–Kier alpha value is -3.18. The fourth-order valence-corrected chi connectivity index (χ4v) is 3.84. The van der Waals surface area contributed by atoms with E-state index in [1.807, 2.05) is 49.7 Å². The number of aromatic nitrogens is 4. The number of hydrogen-bond acceptors (Lipinski definition) is 6. The molecule has 0 saturated carbocycles. The summed E-state index contributed by atoms with van der Waals surface area (Å²) in [6.07, 6.45) is 3.71. The fraction of sp³-hybridized carbons (Fsp3) is 0.286. The molecule has 0 bridgehead atoms. The summed E-state index contributed by atoms with van der Waals surface area (Å²) >= 11 is 1.33. The second-order valence-electron chi connectivity index (χ2n) is 6.69. The first-order valence-corrected chi connectivity index (χ1v) is 10.2. The van der Waals surface area contributed by atoms with Crippen LogP contribution in [0.1, 0.15) is 17.5 Å². The van der Waals surface area contributed by atoms with Crippen molar-refractivity contribution in [2.24, 2.45) is 7.05 Å². The van der Waals surface area contributed by atoms with Gasteiger partial charge in [-0.2, -0.15) is 5.26 Å². The van der Waals surface area contributed by atoms with Gasteiger partial charge >= 0.3 is 0 Å². The summed E-state index contributed by atoms with van der Waals surface area (Å²) in [4.78, 5) is 18.7. The molecule has 1 aromatic carbocycles. The van der Waals surface area contributed by atoms with E-state index >= 15 is 0 Å². The maximum atomic E-state index is 13.0. The number of benzene rings is 1. The molecule has 0 unspecified atom stereocenters. The summed E-state index contributed by atoms with van der Waals surface area (Å²) in [6.45, 7) is 4.36. The van der Waals surface area contributed by atoms with Crippen molar-refractivity contribution in [3.05, 3.63) is 53.9 Å². The zero-order chi connectivity index (χ0) is 20.8. The van der Waals surface area contributed by atoms with Gasteiger partial charge in [0, 0.05) is 37.2 Å². The highest BCUT2D eigenvalue weighted by Crippen LogP contribution is 2.24. The number of anilines is 1. The van der Waals surface area contributed by atoms with Crippen LogP contribution in [0.25, 0.3) is 11.4 Å². The van der Waals surface area contributed by atoms with Crippen LogP contribution in [0.15, 0.2) is 47.9 Å². The lowest BCUT2D eigenvalue weighted by molar-refractivity contribution is -0.116. The van der Waals surface area contributed by atoms with Gasteiger partial charge in [0.05, 0.1) is 18.2 Å². The normalized spacial score (nSPS) is 10.6. The molecule has 3 aromatic rings. The lowest BCUT2D eigenvalue weighted by Gasteiger charge is -2.22. The second kappa shape index (κ2) is 9.34. The number of aryl methyl sites for hydroxylation is 2. The van der Waals surface area contributed by atoms with Gasteiger partial charge in [0.15, 0.2) is 11.0 Å². The maximum Gasteiger partial charge on any atom is 0.237 e. The molecule has 148 valence electrons. The monoisotopic (exact) mass is 406 g/mol. The van der Waals surface area contributed by atoms with Crippen LogP contribution in [0.5, 0.6) is 0 Å². The number of thioether (sulfide) groups is 1. The van der Waals surface area contributed by atoms with Crippen molar-refractivity contribution in [2.75, 3.05) is 17.2 Å². The van der Waals surface area contributed by atoms with Crippen LogP contribution < -0.4 is 4.90 Å². The quantitative estimate of drug-likeness (QED) is 0.558. The second-order valence-corrected chi connectivity index (χ2v) is 7.64. The molecule has 0 aliphatic heterocycles. The number of pyridine rings is 1. The Balaban J connectivity index is 1.75. The maximum absolute atomic E-state index is 13.0. The number of carbonyl (C=O) groups excluding carboxylic acids is 1. The summed E-state index contributed by atoms with van der Waals surface area (Å²) in [5.41, 5.74) is 3.84. The van der Waals surface area contributed by atoms with Gasteiger partial charge in [-0.1, -0.05) is 17.8 Å². The van der Waals surface area contributed by atoms with Gasteiger partial charge in [0.25, 0.3) is 0 Å². The first kappa shape index (κ1) is 20.6. The SMILES string of the molecule is Cc1cc(C)cc(N(CCC#N)C(=O)CSc2nnc(-c3cccnc3)n2C)c1. The molecule has 0 saturated heterocycles. The third kappa shape index (κ3) is 5.00. The van der Waals surface area contributed by atoms with Crippen molar-refractivity contribution in [3.63, 3.8) is 0 Å². The summed E-state index contributed by atoms with van der Waals surface area (Å²) in [6, 6.07) is 11.9. The third-order valence-electron chi connectivity index (χ3n) is 4.35. The van der Waals surface area contributed by atoms with Gasteiger partial charge in [-0.05, 0) is 49.2 Å². The van der Waals surface area contributed by atoms with E-state index in [-0.39, 0.29) is 18.1 Å². The molecule has 8 heteroatoms. The van der Waals surface area contributed by atoms with Crippen molar-refractivity contribution in [1.82, 2.24) is 19.7 Å². The van der Waals surface area contributed by atoms with E-state index < -0.39 is 0 Å². The van der Waals surface area contributed by atoms with Crippen LogP contribution in [0.3, 0.4) is 0 Å². The summed E-state index contributed by atoms with van der Waals surface area (Å²) in [7, 11) is 1.87. The number of rotatable bonds is 7. The lowest BCUT2D eigenvalue weighted by atomic mass is 10.1. The molecule has 1 amide bonds. The predicted molar refractivity (Wildman–Crippen MR) is 113 cm³/mol. The van der Waals surface area contributed by atoms with E-state index in [9.17, 15) is 4.79 Å². The zero-order valence-electron chi connectivity index (χ0n) is 16.7. The number of nitriles is 1. The van der Waals surface area contributed by atoms with E-state index in [2.05, 4.69) is 27.3 Å². The lowest BCUT2D eigenvalue weighted by Crippen LogP contribution is -2.33. The van der Waals surface area contributed by atoms with Crippen molar-refractivity contribution in [2.45, 2.75) is 25.4 Å². The van der Waals surface area contributed by atoms with E-state index in [0.717, 1.165) is 22.4 Å². The molecule has 0 N–H and O–H groups in total. The zero-order valence-corrected chi connectivity index (χ0v) is 17.5. The number of amides is 1. The molecule has 0 spiro atoms. The van der Waals surface area contributed by atoms with Crippen molar-refractivity contribution < 1.29 is 4.79 Å². The Labute approximate surface area is 174 Å². The van der Waals surface area contributed by atoms with Crippen molar-refractivity contribution >= 4 is 23.4 Å². The highest BCUT2D eigenvalue weighted by Gasteiger charge is 2.19. The van der Waals surface area contributed by atoms with E-state index in [1.165, 1.54) is 11.8 Å². The van der Waals surface area contributed by atoms with Gasteiger partial charge in [-0.3, -0.25) is 9.78 Å². The topological polar surface area (TPSA) is 87.7 Å². The summed E-state index contributed by atoms with van der Waals surface area (Å²) < 4.78 is 1.85. The largest absolute Gasteiger partial charge is 0.311 e. The Kier molecular flexibility index (Phi) is 6.62. The number of hydrogen-bond donors (Lipinski definition) is 0. The Bertz CT molecular complexity index is 1020. The van der Waals surface area contributed by atoms with E-state index in [0.29, 0.717) is 17.5 Å². The minimum absolute atomic E-state index is 0.0684. The molecule has 2 aromatic heterocycles. The van der Waals surface area contributed by atoms with Gasteiger partial charge in [-0.15, -0.1) is 10.2 Å². The van der Waals surface area contributed by atoms with Gasteiger partial charge in [-0.25, -0.2) is 0 Å². The summed E-state index contributed by atoms with van der Waals surface area (Å²) in [5.74, 6) is 0.835. The first-order valence-electron chi connectivity index (χ1n) is 9.18. The first-order chi connectivity index (χ1) is 14.0. The molecule has 0 radical (unpaired) electrons. The standard InChI is InChI=1S/C21H22N6OS/c1-15-10-16(2)12-18(11-15)27(9-5-7-22)19(28)14-29-21-25-24-20(26(21)3)17-6-4-8-23-13-17/h4,6,8,10-13H,5,9,14H2,1-3H3. The smallest absolute Gasteiger partial charge is 0.237 e. The van der Waals surface area contributed by atoms with Crippen molar-refractivity contribution in [3.8, 4) is 17.5 Å². The Morgan fingerprint density at radius 2 is 2.00 bits per heavy atom. The molecule has 7 nitrogen and oxygen atoms in total. The van der Waals surface area contributed by atoms with Gasteiger partial charge in [0.2, 0.25) is 5.91 Å². The van der Waals surface area contributed by atoms with Crippen LogP contribution in [0.4, 0.5) is 5.69 Å². The van der Waals surface area contributed by atoms with E-state index in [4.69, 9.17) is 5.26 Å². The fourth-order valence-electron chi connectivity index (χ4n) is 3.06. The third-order valence-corrected chi connectivity index (χ3v) is 5.35. The minimum Gasteiger partial charge on any atom is -0.311 e. The molecule has 0 aliphatic rings. The van der Waals surface area contributed by atoms with Crippen molar-refractivity contribution in [1.29, 1.82) is 5.26 Å². The molecule has 0 atom stereocenters. The number of carbonyl (C=O) groups is 1. The Morgan fingerprint density at radius 1 is 1.24 bits per heavy atom. The molecule has 0 aliphatic carbocycles. The van der Waals surface area contributed by atoms with Crippen LogP contribution in [-0.2, 0) is 11.8 Å². The highest BCUT2D eigenvalue weighted by molar-refractivity contribution is 7.99. The molecule has 0 fully saturated rings. The van der Waals surface area contributed by atoms with Crippen LogP contribution in [0.2, 0.25) is 0 Å². The average Bonchev–Trinajstić information content (AvgIpc) is 3.07. The van der Waals surface area contributed by atoms with Gasteiger partial charge < -0.3 is 9.47 Å². The molecule has 3 rings (SSSR count). The molecular weight excluding hydrogens is 384 g/mol.